The summed E-state index contributed by atoms with van der Waals surface area (Å²) in [4.78, 5) is 3.59. The van der Waals surface area contributed by atoms with Crippen molar-refractivity contribution in [2.24, 2.45) is 0 Å². The van der Waals surface area contributed by atoms with E-state index in [4.69, 9.17) is 16.7 Å². The first-order valence-corrected chi connectivity index (χ1v) is 4.71. The zero-order chi connectivity index (χ0) is 12.3. The monoisotopic (exact) mass is 255 g/mol. The van der Waals surface area contributed by atoms with Gasteiger partial charge in [-0.05, 0) is 18.6 Å². The van der Waals surface area contributed by atoms with Gasteiger partial charge >= 0.3 is 6.18 Å². The summed E-state index contributed by atoms with van der Waals surface area (Å²) < 4.78 is 41.1. The van der Waals surface area contributed by atoms with Crippen LogP contribution < -0.4 is 4.74 Å². The van der Waals surface area contributed by atoms with E-state index >= 15 is 0 Å². The van der Waals surface area contributed by atoms with Crippen molar-refractivity contribution in [2.45, 2.75) is 25.8 Å². The second kappa shape index (κ2) is 4.88. The molecule has 7 heteroatoms. The van der Waals surface area contributed by atoms with Gasteiger partial charge in [0.15, 0.2) is 6.10 Å². The number of aliphatic hydroxyl groups excluding tert-OH is 1. The van der Waals surface area contributed by atoms with Crippen LogP contribution in [0.3, 0.4) is 0 Å². The molecule has 1 aromatic heterocycles. The lowest BCUT2D eigenvalue weighted by atomic mass is 10.3. The van der Waals surface area contributed by atoms with Gasteiger partial charge in [-0.1, -0.05) is 11.6 Å². The Labute approximate surface area is 94.8 Å². The average Bonchev–Trinajstić information content (AvgIpc) is 2.19. The highest BCUT2D eigenvalue weighted by Crippen LogP contribution is 2.28. The van der Waals surface area contributed by atoms with Crippen molar-refractivity contribution < 1.29 is 23.0 Å². The molecule has 1 N–H and O–H groups in total. The fourth-order valence-corrected chi connectivity index (χ4v) is 1.11. The molecular weight excluding hydrogens is 247 g/mol. The third kappa shape index (κ3) is 3.24. The molecule has 1 atom stereocenters. The van der Waals surface area contributed by atoms with Gasteiger partial charge in [0.2, 0.25) is 5.88 Å². The van der Waals surface area contributed by atoms with Crippen LogP contribution in [0.5, 0.6) is 5.88 Å². The smallest absolute Gasteiger partial charge is 0.425 e. The molecule has 0 radical (unpaired) electrons. The Bertz CT molecular complexity index is 370. The summed E-state index contributed by atoms with van der Waals surface area (Å²) in [6, 6.07) is 1.30. The maximum atomic E-state index is 12.2. The van der Waals surface area contributed by atoms with Gasteiger partial charge in [-0.25, -0.2) is 4.98 Å². The van der Waals surface area contributed by atoms with Crippen LogP contribution >= 0.6 is 11.6 Å². The Kier molecular flexibility index (Phi) is 3.98. The summed E-state index contributed by atoms with van der Waals surface area (Å²) in [7, 11) is 0. The number of hydrogen-bond donors (Lipinski definition) is 1. The van der Waals surface area contributed by atoms with E-state index in [9.17, 15) is 13.2 Å². The average molecular weight is 256 g/mol. The Balaban J connectivity index is 2.82. The maximum absolute atomic E-state index is 12.2. The van der Waals surface area contributed by atoms with E-state index in [0.29, 0.717) is 5.56 Å². The second-order valence-electron chi connectivity index (χ2n) is 3.09. The van der Waals surface area contributed by atoms with Gasteiger partial charge in [0.05, 0.1) is 6.61 Å². The minimum Gasteiger partial charge on any atom is -0.464 e. The fraction of sp³-hybridized carbons (Fsp3) is 0.444. The van der Waals surface area contributed by atoms with Crippen LogP contribution in [0.4, 0.5) is 13.2 Å². The van der Waals surface area contributed by atoms with Crippen LogP contribution in [0, 0.1) is 0 Å². The number of pyridine rings is 1. The van der Waals surface area contributed by atoms with Crippen molar-refractivity contribution in [3.63, 3.8) is 0 Å². The molecule has 90 valence electrons. The van der Waals surface area contributed by atoms with Crippen LogP contribution in [-0.2, 0) is 6.61 Å². The normalized spacial score (nSPS) is 13.6. The van der Waals surface area contributed by atoms with E-state index in [0.717, 1.165) is 6.92 Å². The summed E-state index contributed by atoms with van der Waals surface area (Å²) in [5.74, 6) is -0.302. The predicted molar refractivity (Wildman–Crippen MR) is 51.3 cm³/mol. The predicted octanol–water partition coefficient (Wildman–Crippen LogP) is 2.56. The van der Waals surface area contributed by atoms with Crippen molar-refractivity contribution in [3.8, 4) is 5.88 Å². The van der Waals surface area contributed by atoms with Crippen LogP contribution in [-0.4, -0.2) is 22.4 Å². The third-order valence-electron chi connectivity index (χ3n) is 1.80. The lowest BCUT2D eigenvalue weighted by molar-refractivity contribution is -0.189. The number of ether oxygens (including phenoxy) is 1. The molecule has 0 saturated carbocycles. The number of halogens is 4. The Morgan fingerprint density at radius 2 is 2.19 bits per heavy atom. The number of nitrogens with zero attached hydrogens (tertiary/aromatic N) is 1. The summed E-state index contributed by atoms with van der Waals surface area (Å²) in [5.41, 5.74) is 0.400. The van der Waals surface area contributed by atoms with E-state index in [-0.39, 0.29) is 17.5 Å². The van der Waals surface area contributed by atoms with Crippen LogP contribution in [0.25, 0.3) is 0 Å². The van der Waals surface area contributed by atoms with Crippen molar-refractivity contribution in [1.82, 2.24) is 4.98 Å². The van der Waals surface area contributed by atoms with E-state index in [1.807, 2.05) is 0 Å². The molecule has 0 amide bonds. The molecule has 0 aromatic carbocycles. The highest BCUT2D eigenvalue weighted by Gasteiger charge is 2.38. The number of rotatable bonds is 3. The van der Waals surface area contributed by atoms with Crippen LogP contribution in [0.1, 0.15) is 12.5 Å². The number of aromatic nitrogens is 1. The van der Waals surface area contributed by atoms with Gasteiger partial charge in [0.25, 0.3) is 0 Å². The highest BCUT2D eigenvalue weighted by molar-refractivity contribution is 6.31. The summed E-state index contributed by atoms with van der Waals surface area (Å²) in [5, 5.41) is 8.68. The van der Waals surface area contributed by atoms with E-state index < -0.39 is 12.3 Å². The van der Waals surface area contributed by atoms with E-state index in [1.54, 1.807) is 0 Å². The van der Waals surface area contributed by atoms with E-state index in [2.05, 4.69) is 9.72 Å². The first kappa shape index (κ1) is 13.1. The van der Waals surface area contributed by atoms with Gasteiger partial charge in [-0.2, -0.15) is 13.2 Å². The Morgan fingerprint density at radius 3 is 2.62 bits per heavy atom. The first-order valence-electron chi connectivity index (χ1n) is 4.33. The first-order chi connectivity index (χ1) is 7.34. The molecule has 0 saturated heterocycles. The lowest BCUT2D eigenvalue weighted by Crippen LogP contribution is -2.31. The zero-order valence-corrected chi connectivity index (χ0v) is 9.01. The molecule has 0 bridgehead atoms. The van der Waals surface area contributed by atoms with Crippen LogP contribution in [0.15, 0.2) is 12.3 Å². The van der Waals surface area contributed by atoms with Gasteiger partial charge in [-0.15, -0.1) is 0 Å². The minimum absolute atomic E-state index is 0.0670. The topological polar surface area (TPSA) is 42.4 Å². The minimum atomic E-state index is -4.47. The molecule has 16 heavy (non-hydrogen) atoms. The summed E-state index contributed by atoms with van der Waals surface area (Å²) in [6.45, 7) is 0.569. The van der Waals surface area contributed by atoms with E-state index in [1.165, 1.54) is 12.3 Å². The third-order valence-corrected chi connectivity index (χ3v) is 2.07. The number of alkyl halides is 3. The van der Waals surface area contributed by atoms with Gasteiger partial charge < -0.3 is 9.84 Å². The molecule has 0 fully saturated rings. The highest BCUT2D eigenvalue weighted by atomic mass is 35.5. The zero-order valence-electron chi connectivity index (χ0n) is 8.25. The standard InChI is InChI=1S/C9H9ClF3NO2/c1-5(9(11,12)13)16-8-7(10)2-6(4-15)3-14-8/h2-3,5,15H,4H2,1H3/t5-/m0/s1. The Hall–Kier alpha value is -1.01. The maximum Gasteiger partial charge on any atom is 0.425 e. The van der Waals surface area contributed by atoms with Crippen molar-refractivity contribution >= 4 is 11.6 Å². The largest absolute Gasteiger partial charge is 0.464 e. The molecule has 1 heterocycles. The van der Waals surface area contributed by atoms with Gasteiger partial charge in [0.1, 0.15) is 5.02 Å². The molecule has 3 nitrogen and oxygen atoms in total. The van der Waals surface area contributed by atoms with Crippen molar-refractivity contribution in [2.75, 3.05) is 0 Å². The fourth-order valence-electron chi connectivity index (χ4n) is 0.872. The molecule has 0 aliphatic carbocycles. The molecule has 0 aliphatic rings. The van der Waals surface area contributed by atoms with Gasteiger partial charge in [-0.3, -0.25) is 0 Å². The van der Waals surface area contributed by atoms with Crippen molar-refractivity contribution in [1.29, 1.82) is 0 Å². The van der Waals surface area contributed by atoms with Crippen molar-refractivity contribution in [3.05, 3.63) is 22.8 Å². The molecule has 0 unspecified atom stereocenters. The second-order valence-corrected chi connectivity index (χ2v) is 3.50. The molecule has 0 aliphatic heterocycles. The molecule has 1 rings (SSSR count). The SMILES string of the molecule is C[C@H](Oc1ncc(CO)cc1Cl)C(F)(F)F. The Morgan fingerprint density at radius 1 is 1.56 bits per heavy atom. The molecule has 0 spiro atoms. The quantitative estimate of drug-likeness (QED) is 0.903. The van der Waals surface area contributed by atoms with Crippen LogP contribution in [0.2, 0.25) is 5.02 Å². The summed E-state index contributed by atoms with van der Waals surface area (Å²) >= 11 is 5.64. The molecule has 1 aromatic rings. The summed E-state index contributed by atoms with van der Waals surface area (Å²) in [6.07, 6.45) is -5.26. The number of aliphatic hydroxyl groups is 1. The lowest BCUT2D eigenvalue weighted by Gasteiger charge is -2.17. The molecular formula is C9H9ClF3NO2. The number of hydrogen-bond acceptors (Lipinski definition) is 3. The van der Waals surface area contributed by atoms with Gasteiger partial charge in [0, 0.05) is 6.20 Å².